The Hall–Kier alpha value is 2.55. The zero-order chi connectivity index (χ0) is 0. The van der Waals surface area contributed by atoms with Gasteiger partial charge < -0.3 is 0 Å². The molecule has 0 saturated carbocycles. The second-order valence-electron chi connectivity index (χ2n) is 0. The van der Waals surface area contributed by atoms with Crippen LogP contribution in [0.2, 0.25) is 0 Å². The second kappa shape index (κ2) is 17.7. The summed E-state index contributed by atoms with van der Waals surface area (Å²) in [6.07, 6.45) is 0. The molecule has 40 valence electrons. The van der Waals surface area contributed by atoms with Crippen LogP contribution >= 0.6 is 0 Å². The summed E-state index contributed by atoms with van der Waals surface area (Å²) in [4.78, 5) is 0. The predicted octanol–water partition coefficient (Wildman–Crippen LogP) is -1.46. The molecule has 4 heteroatoms. The van der Waals surface area contributed by atoms with Gasteiger partial charge in [-0.15, -0.1) is 0 Å². The van der Waals surface area contributed by atoms with Crippen LogP contribution in [-0.4, -0.2) is 23.9 Å². The van der Waals surface area contributed by atoms with E-state index in [1.165, 1.54) is 0 Å². The van der Waals surface area contributed by atoms with Crippen LogP contribution in [0.5, 0.6) is 0 Å². The minimum absolute atomic E-state index is 0. The van der Waals surface area contributed by atoms with Crippen molar-refractivity contribution in [2.75, 3.05) is 0 Å². The number of hydrogen-bond acceptors (Lipinski definition) is 0. The van der Waals surface area contributed by atoms with Gasteiger partial charge in [0.05, 0.1) is 0 Å². The van der Waals surface area contributed by atoms with Gasteiger partial charge in [-0.25, -0.2) is 0 Å². The van der Waals surface area contributed by atoms with E-state index in [4.69, 9.17) is 0 Å². The first-order valence-corrected chi connectivity index (χ1v) is 0. The van der Waals surface area contributed by atoms with Gasteiger partial charge in [0.15, 0.2) is 0 Å². The molecule has 0 N–H and O–H groups in total. The Labute approximate surface area is 78.7 Å². The summed E-state index contributed by atoms with van der Waals surface area (Å²) in [6.45, 7) is 0. The fourth-order valence-corrected chi connectivity index (χ4v) is 0. The molecular weight excluding hydrogens is 349 g/mol. The quantitative estimate of drug-likeness (QED) is 0.468. The normalized spacial score (nSPS) is 0. The third kappa shape index (κ3) is 8.82. The fourth-order valence-electron chi connectivity index (χ4n) is 0. The fraction of sp³-hybridized carbons (Fsp3) is 0. The molecule has 2 radical (unpaired) electrons. The molecule has 0 aliphatic carbocycles. The first-order valence-electron chi connectivity index (χ1n) is 0. The molecule has 0 aromatic rings. The maximum atomic E-state index is 0. The van der Waals surface area contributed by atoms with Gasteiger partial charge >= 0.3 is 23.9 Å². The predicted molar refractivity (Wildman–Crippen MR) is 11.3 cm³/mol. The van der Waals surface area contributed by atoms with E-state index < -0.39 is 0 Å². The molecule has 4 heavy (non-hydrogen) atoms. The molecule has 0 spiro atoms. The average Bonchev–Trinajstić information content (AvgIpc) is 0. The number of hydrogen-bond donors (Lipinski definition) is 0. The third-order valence-electron chi connectivity index (χ3n) is 0. The maximum absolute atomic E-state index is 0. The zero-order valence-corrected chi connectivity index (χ0v) is 4.33. The Bertz CT molecular complexity index is 8.00. The van der Waals surface area contributed by atoms with E-state index >= 15 is 0 Å². The molecule has 0 aliphatic rings. The Morgan fingerprint density at radius 1 is 1.00 bits per heavy atom. The van der Waals surface area contributed by atoms with Gasteiger partial charge in [0.25, 0.3) is 0 Å². The summed E-state index contributed by atoms with van der Waals surface area (Å²) in [5.41, 5.74) is 0. The van der Waals surface area contributed by atoms with Crippen LogP contribution in [0.4, 0.5) is 0 Å². The topological polar surface area (TPSA) is 0 Å². The van der Waals surface area contributed by atoms with Crippen LogP contribution in [0.1, 0.15) is 0 Å². The molecule has 0 amide bonds. The summed E-state index contributed by atoms with van der Waals surface area (Å²) in [5, 5.41) is 0. The molecule has 0 rings (SSSR count). The van der Waals surface area contributed by atoms with Crippen molar-refractivity contribution >= 4 is 23.9 Å². The molecule has 0 aliphatic heterocycles. The van der Waals surface area contributed by atoms with E-state index in [1.54, 1.807) is 0 Å². The molecule has 0 aromatic heterocycles. The van der Waals surface area contributed by atoms with Crippen molar-refractivity contribution in [2.45, 2.75) is 0 Å². The van der Waals surface area contributed by atoms with Crippen molar-refractivity contribution in [1.29, 1.82) is 0 Å². The van der Waals surface area contributed by atoms with Crippen LogP contribution in [0.3, 0.4) is 0 Å². The molecule has 0 unspecified atom stereocenters. The van der Waals surface area contributed by atoms with E-state index in [-0.39, 0.29) is 79.8 Å². The van der Waals surface area contributed by atoms with Crippen molar-refractivity contribution in [3.8, 4) is 0 Å². The van der Waals surface area contributed by atoms with E-state index in [0.29, 0.717) is 0 Å². The molecule has 0 atom stereocenters. The first kappa shape index (κ1) is 31.0. The summed E-state index contributed by atoms with van der Waals surface area (Å²) < 4.78 is 0. The summed E-state index contributed by atoms with van der Waals surface area (Å²) >= 11 is 0. The molecule has 0 fully saturated rings. The van der Waals surface area contributed by atoms with Gasteiger partial charge in [0.1, 0.15) is 0 Å². The Kier molecular flexibility index (Phi) is 137. The van der Waals surface area contributed by atoms with Crippen LogP contribution in [0, 0.1) is 0 Å². The van der Waals surface area contributed by atoms with Gasteiger partial charge in [-0.1, -0.05) is 0 Å². The van der Waals surface area contributed by atoms with Crippen molar-refractivity contribution in [2.24, 2.45) is 0 Å². The van der Waals surface area contributed by atoms with Crippen molar-refractivity contribution in [1.82, 2.24) is 0 Å². The van der Waals surface area contributed by atoms with Gasteiger partial charge in [-0.05, 0) is 0 Å². The summed E-state index contributed by atoms with van der Waals surface area (Å²) in [5.74, 6) is 0. The van der Waals surface area contributed by atoms with Crippen LogP contribution in [0.15, 0.2) is 0 Å². The van der Waals surface area contributed by atoms with Crippen molar-refractivity contribution < 1.29 is 55.9 Å². The van der Waals surface area contributed by atoms with Crippen LogP contribution in [0.25, 0.3) is 0 Å². The van der Waals surface area contributed by atoms with Gasteiger partial charge in [0, 0.05) is 55.9 Å². The molecule has 0 saturated heterocycles. The Morgan fingerprint density at radius 2 is 1.00 bits per heavy atom. The van der Waals surface area contributed by atoms with E-state index in [9.17, 15) is 0 Å². The zero-order valence-electron chi connectivity index (χ0n) is 0.919. The van der Waals surface area contributed by atoms with Gasteiger partial charge in [-0.3, -0.25) is 0 Å². The Balaban J connectivity index is 0. The standard InChI is InChI=1S/Ag.Cu.Ni.Sn.4H. The van der Waals surface area contributed by atoms with Crippen molar-refractivity contribution in [3.05, 3.63) is 0 Å². The first-order chi connectivity index (χ1) is 0. The molecule has 0 heterocycles. The minimum atomic E-state index is 0. The van der Waals surface area contributed by atoms with E-state index in [0.717, 1.165) is 0 Å². The SMILES string of the molecule is [Ag].[Cu].[Ni].[SnH4]. The average molecular weight is 353 g/mol. The summed E-state index contributed by atoms with van der Waals surface area (Å²) in [7, 11) is 0. The molecule has 0 nitrogen and oxygen atoms in total. The third-order valence-corrected chi connectivity index (χ3v) is 0. The van der Waals surface area contributed by atoms with E-state index in [2.05, 4.69) is 0 Å². The Morgan fingerprint density at radius 3 is 1.00 bits per heavy atom. The van der Waals surface area contributed by atoms with Crippen molar-refractivity contribution in [3.63, 3.8) is 0 Å². The monoisotopic (exact) mass is 352 g/mol. The van der Waals surface area contributed by atoms with Crippen LogP contribution < -0.4 is 0 Å². The van der Waals surface area contributed by atoms with Gasteiger partial charge in [-0.2, -0.15) is 0 Å². The molecule has 0 bridgehead atoms. The molecule has 0 aromatic carbocycles. The van der Waals surface area contributed by atoms with Crippen LogP contribution in [-0.2, 0) is 55.9 Å². The number of rotatable bonds is 0. The second-order valence-corrected chi connectivity index (χ2v) is 0. The molecular formula is H4AgCuNiSn. The van der Waals surface area contributed by atoms with Gasteiger partial charge in [0.2, 0.25) is 0 Å². The van der Waals surface area contributed by atoms with E-state index in [1.807, 2.05) is 0 Å². The summed E-state index contributed by atoms with van der Waals surface area (Å²) in [6, 6.07) is 0.